The maximum atomic E-state index is 6.09. The van der Waals surface area contributed by atoms with E-state index in [9.17, 15) is 0 Å². The van der Waals surface area contributed by atoms with Gasteiger partial charge in [-0.25, -0.2) is 4.98 Å². The van der Waals surface area contributed by atoms with Crippen LogP contribution in [0.1, 0.15) is 5.56 Å². The van der Waals surface area contributed by atoms with Crippen LogP contribution < -0.4 is 5.73 Å². The molecular weight excluding hydrogens is 308 g/mol. The second-order valence-corrected chi connectivity index (χ2v) is 6.08. The Morgan fingerprint density at radius 2 is 2.06 bits per heavy atom. The minimum Gasteiger partial charge on any atom is -0.397 e. The summed E-state index contributed by atoms with van der Waals surface area (Å²) in [6, 6.07) is 12.2. The number of para-hydroxylation sites is 1. The first kappa shape index (κ1) is 11.7. The van der Waals surface area contributed by atoms with Crippen molar-refractivity contribution in [2.24, 2.45) is 0 Å². The third-order valence-electron chi connectivity index (χ3n) is 2.83. The highest BCUT2D eigenvalue weighted by Gasteiger charge is 2.10. The summed E-state index contributed by atoms with van der Waals surface area (Å²) in [5.74, 6) is 0. The van der Waals surface area contributed by atoms with Gasteiger partial charge in [0.05, 0.1) is 15.9 Å². The van der Waals surface area contributed by atoms with E-state index >= 15 is 0 Å². The predicted octanol–water partition coefficient (Wildman–Crippen LogP) is 4.62. The van der Waals surface area contributed by atoms with Crippen LogP contribution in [0.25, 0.3) is 20.8 Å². The molecule has 0 aliphatic heterocycles. The maximum Gasteiger partial charge on any atom is 0.126 e. The van der Waals surface area contributed by atoms with Crippen molar-refractivity contribution in [2.45, 2.75) is 6.92 Å². The Bertz CT molecular complexity index is 734. The van der Waals surface area contributed by atoms with Gasteiger partial charge < -0.3 is 5.73 Å². The van der Waals surface area contributed by atoms with E-state index in [-0.39, 0.29) is 0 Å². The van der Waals surface area contributed by atoms with E-state index < -0.39 is 0 Å². The van der Waals surface area contributed by atoms with E-state index in [0.29, 0.717) is 0 Å². The van der Waals surface area contributed by atoms with E-state index in [4.69, 9.17) is 5.73 Å². The van der Waals surface area contributed by atoms with Gasteiger partial charge in [-0.15, -0.1) is 11.3 Å². The fraction of sp³-hybridized carbons (Fsp3) is 0.0714. The van der Waals surface area contributed by atoms with E-state index in [2.05, 4.69) is 46.0 Å². The van der Waals surface area contributed by atoms with Crippen molar-refractivity contribution < 1.29 is 0 Å². The van der Waals surface area contributed by atoms with Crippen molar-refractivity contribution in [1.29, 1.82) is 0 Å². The number of nitrogen functional groups attached to an aromatic ring is 1. The average molecular weight is 319 g/mol. The highest BCUT2D eigenvalue weighted by atomic mass is 79.9. The normalized spacial score (nSPS) is 11.0. The molecule has 2 N–H and O–H groups in total. The van der Waals surface area contributed by atoms with Gasteiger partial charge in [-0.05, 0) is 52.7 Å². The Kier molecular flexibility index (Phi) is 2.84. The zero-order valence-electron chi connectivity index (χ0n) is 9.77. The molecule has 0 spiro atoms. The highest BCUT2D eigenvalue weighted by Crippen LogP contribution is 2.36. The second kappa shape index (κ2) is 4.37. The molecule has 0 fully saturated rings. The number of aromatic nitrogens is 1. The first-order valence-electron chi connectivity index (χ1n) is 5.57. The van der Waals surface area contributed by atoms with Gasteiger partial charge in [-0.3, -0.25) is 0 Å². The lowest BCUT2D eigenvalue weighted by Crippen LogP contribution is -1.90. The zero-order valence-corrected chi connectivity index (χ0v) is 12.2. The zero-order chi connectivity index (χ0) is 12.7. The minimum atomic E-state index is 0.744. The molecular formula is C14H11BrN2S. The summed E-state index contributed by atoms with van der Waals surface area (Å²) in [4.78, 5) is 4.66. The van der Waals surface area contributed by atoms with Gasteiger partial charge >= 0.3 is 0 Å². The number of fused-ring (bicyclic) bond motifs is 1. The molecule has 0 bridgehead atoms. The quantitative estimate of drug-likeness (QED) is 0.665. The van der Waals surface area contributed by atoms with Crippen molar-refractivity contribution in [2.75, 3.05) is 5.73 Å². The SMILES string of the molecule is Cc1ccc2sc(-c3cccc(Br)c3N)nc2c1. The van der Waals surface area contributed by atoms with Crippen LogP contribution >= 0.6 is 27.3 Å². The molecule has 0 amide bonds. The molecule has 0 aliphatic rings. The van der Waals surface area contributed by atoms with Crippen molar-refractivity contribution >= 4 is 43.2 Å². The standard InChI is InChI=1S/C14H11BrN2S/c1-8-5-6-12-11(7-8)17-14(18-12)9-3-2-4-10(15)13(9)16/h2-7H,16H2,1H3. The molecule has 90 valence electrons. The Balaban J connectivity index is 2.22. The van der Waals surface area contributed by atoms with E-state index in [1.807, 2.05) is 18.2 Å². The molecule has 1 aromatic heterocycles. The summed E-state index contributed by atoms with van der Waals surface area (Å²) in [7, 11) is 0. The first-order valence-corrected chi connectivity index (χ1v) is 7.17. The number of nitrogens with zero attached hydrogens (tertiary/aromatic N) is 1. The highest BCUT2D eigenvalue weighted by molar-refractivity contribution is 9.10. The van der Waals surface area contributed by atoms with Gasteiger partial charge in [0.15, 0.2) is 0 Å². The predicted molar refractivity (Wildman–Crippen MR) is 81.9 cm³/mol. The Labute approximate surface area is 118 Å². The van der Waals surface area contributed by atoms with Crippen LogP contribution in [0.3, 0.4) is 0 Å². The molecule has 3 aromatic rings. The summed E-state index contributed by atoms with van der Waals surface area (Å²) in [5.41, 5.74) is 10.1. The number of hydrogen-bond donors (Lipinski definition) is 1. The molecule has 0 saturated carbocycles. The number of anilines is 1. The van der Waals surface area contributed by atoms with Crippen LogP contribution in [0, 0.1) is 6.92 Å². The van der Waals surface area contributed by atoms with Crippen LogP contribution in [0.2, 0.25) is 0 Å². The Morgan fingerprint density at radius 3 is 2.89 bits per heavy atom. The molecule has 3 rings (SSSR count). The smallest absolute Gasteiger partial charge is 0.126 e. The van der Waals surface area contributed by atoms with Crippen molar-refractivity contribution in [3.63, 3.8) is 0 Å². The van der Waals surface area contributed by atoms with Crippen LogP contribution in [-0.4, -0.2) is 4.98 Å². The van der Waals surface area contributed by atoms with Crippen molar-refractivity contribution in [1.82, 2.24) is 4.98 Å². The van der Waals surface area contributed by atoms with Gasteiger partial charge in [-0.1, -0.05) is 12.1 Å². The molecule has 0 saturated heterocycles. The number of nitrogens with two attached hydrogens (primary N) is 1. The van der Waals surface area contributed by atoms with Gasteiger partial charge in [-0.2, -0.15) is 0 Å². The number of thiazole rings is 1. The molecule has 0 atom stereocenters. The van der Waals surface area contributed by atoms with Crippen molar-refractivity contribution in [3.8, 4) is 10.6 Å². The minimum absolute atomic E-state index is 0.744. The van der Waals surface area contributed by atoms with Gasteiger partial charge in [0.25, 0.3) is 0 Å². The molecule has 0 unspecified atom stereocenters. The Hall–Kier alpha value is -1.39. The largest absolute Gasteiger partial charge is 0.397 e. The van der Waals surface area contributed by atoms with Crippen LogP contribution in [0.4, 0.5) is 5.69 Å². The van der Waals surface area contributed by atoms with E-state index in [0.717, 1.165) is 26.2 Å². The summed E-state index contributed by atoms with van der Waals surface area (Å²) in [6.45, 7) is 2.08. The number of benzene rings is 2. The third kappa shape index (κ3) is 1.91. The van der Waals surface area contributed by atoms with Gasteiger partial charge in [0.2, 0.25) is 0 Å². The summed E-state index contributed by atoms with van der Waals surface area (Å²) in [5, 5.41) is 0.967. The summed E-state index contributed by atoms with van der Waals surface area (Å²) in [6.07, 6.45) is 0. The third-order valence-corrected chi connectivity index (χ3v) is 4.59. The lowest BCUT2D eigenvalue weighted by atomic mass is 10.2. The number of rotatable bonds is 1. The van der Waals surface area contributed by atoms with Gasteiger partial charge in [0.1, 0.15) is 5.01 Å². The fourth-order valence-corrected chi connectivity index (χ4v) is 3.23. The fourth-order valence-electron chi connectivity index (χ4n) is 1.88. The number of halogens is 1. The van der Waals surface area contributed by atoms with Crippen LogP contribution in [0.15, 0.2) is 40.9 Å². The van der Waals surface area contributed by atoms with E-state index in [1.54, 1.807) is 11.3 Å². The maximum absolute atomic E-state index is 6.09. The molecule has 4 heteroatoms. The van der Waals surface area contributed by atoms with Crippen LogP contribution in [-0.2, 0) is 0 Å². The monoisotopic (exact) mass is 318 g/mol. The molecule has 0 radical (unpaired) electrons. The molecule has 1 heterocycles. The topological polar surface area (TPSA) is 38.9 Å². The molecule has 18 heavy (non-hydrogen) atoms. The molecule has 2 aromatic carbocycles. The molecule has 2 nitrogen and oxygen atoms in total. The lowest BCUT2D eigenvalue weighted by molar-refractivity contribution is 1.44. The Morgan fingerprint density at radius 1 is 1.22 bits per heavy atom. The number of aryl methyl sites for hydroxylation is 1. The van der Waals surface area contributed by atoms with Crippen LogP contribution in [0.5, 0.6) is 0 Å². The van der Waals surface area contributed by atoms with Gasteiger partial charge in [0, 0.05) is 10.0 Å². The van der Waals surface area contributed by atoms with Crippen molar-refractivity contribution in [3.05, 3.63) is 46.4 Å². The second-order valence-electron chi connectivity index (χ2n) is 4.19. The molecule has 0 aliphatic carbocycles. The lowest BCUT2D eigenvalue weighted by Gasteiger charge is -2.03. The average Bonchev–Trinajstić information content (AvgIpc) is 2.75. The summed E-state index contributed by atoms with van der Waals surface area (Å²) >= 11 is 5.12. The summed E-state index contributed by atoms with van der Waals surface area (Å²) < 4.78 is 2.10. The first-order chi connectivity index (χ1) is 8.65. The van der Waals surface area contributed by atoms with E-state index in [1.165, 1.54) is 10.3 Å². The number of hydrogen-bond acceptors (Lipinski definition) is 3.